The summed E-state index contributed by atoms with van der Waals surface area (Å²) in [4.78, 5) is 45.1. The van der Waals surface area contributed by atoms with Crippen molar-refractivity contribution in [2.45, 2.75) is 31.7 Å². The second kappa shape index (κ2) is 9.60. The van der Waals surface area contributed by atoms with Crippen LogP contribution in [0, 0.1) is 5.92 Å². The molecule has 0 aliphatic heterocycles. The third-order valence-corrected chi connectivity index (χ3v) is 3.64. The van der Waals surface area contributed by atoms with E-state index >= 15 is 0 Å². The maximum atomic E-state index is 11.7. The summed E-state index contributed by atoms with van der Waals surface area (Å²) in [5.74, 6) is -2.45. The first kappa shape index (κ1) is 18.7. The van der Waals surface area contributed by atoms with E-state index in [0.717, 1.165) is 18.9 Å². The van der Waals surface area contributed by atoms with Crippen LogP contribution in [0.3, 0.4) is 0 Å². The number of hydrogen-bond donors (Lipinski definition) is 2. The Morgan fingerprint density at radius 1 is 1.13 bits per heavy atom. The molecule has 8 nitrogen and oxygen atoms in total. The van der Waals surface area contributed by atoms with E-state index in [2.05, 4.69) is 21.9 Å². The van der Waals surface area contributed by atoms with Crippen molar-refractivity contribution < 1.29 is 28.7 Å². The molecule has 1 saturated carbocycles. The summed E-state index contributed by atoms with van der Waals surface area (Å²) in [6.07, 6.45) is 4.11. The fourth-order valence-electron chi connectivity index (χ4n) is 2.29. The highest BCUT2D eigenvalue weighted by molar-refractivity contribution is 6.35. The number of ether oxygens (including phenoxy) is 2. The maximum Gasteiger partial charge on any atom is 0.330 e. The lowest BCUT2D eigenvalue weighted by Crippen LogP contribution is -2.47. The first-order chi connectivity index (χ1) is 11.0. The average Bonchev–Trinajstić information content (AvgIpc) is 2.58. The number of carbonyl (C=O) groups is 4. The molecule has 1 rings (SSSR count). The highest BCUT2D eigenvalue weighted by atomic mass is 16.5. The van der Waals surface area contributed by atoms with Gasteiger partial charge in [0.1, 0.15) is 6.54 Å². The molecule has 1 fully saturated rings. The van der Waals surface area contributed by atoms with Gasteiger partial charge in [-0.25, -0.2) is 4.79 Å². The van der Waals surface area contributed by atoms with E-state index in [-0.39, 0.29) is 18.5 Å². The zero-order chi connectivity index (χ0) is 17.2. The topological polar surface area (TPSA) is 111 Å². The molecular formula is C15H22N2O6. The summed E-state index contributed by atoms with van der Waals surface area (Å²) < 4.78 is 9.36. The Balaban J connectivity index is 2.25. The fourth-order valence-corrected chi connectivity index (χ4v) is 2.29. The molecule has 0 heterocycles. The molecule has 0 aromatic carbocycles. The van der Waals surface area contributed by atoms with Gasteiger partial charge in [0.15, 0.2) is 0 Å². The first-order valence-corrected chi connectivity index (χ1v) is 7.41. The number of carbonyl (C=O) groups excluding carboxylic acids is 4. The molecule has 0 unspecified atom stereocenters. The number of methoxy groups -OCH3 is 1. The molecule has 0 spiro atoms. The van der Waals surface area contributed by atoms with Crippen LogP contribution in [0.2, 0.25) is 0 Å². The van der Waals surface area contributed by atoms with E-state index < -0.39 is 23.8 Å². The Bertz CT molecular complexity index is 469. The highest BCUT2D eigenvalue weighted by Crippen LogP contribution is 2.24. The number of rotatable bonds is 6. The minimum absolute atomic E-state index is 0.0993. The smallest absolute Gasteiger partial charge is 0.330 e. The predicted octanol–water partition coefficient (Wildman–Crippen LogP) is -0.320. The molecule has 2 N–H and O–H groups in total. The fraction of sp³-hybridized carbons (Fsp3) is 0.600. The summed E-state index contributed by atoms with van der Waals surface area (Å²) in [7, 11) is 1.19. The van der Waals surface area contributed by atoms with Crippen LogP contribution in [-0.4, -0.2) is 50.1 Å². The minimum atomic E-state index is -0.863. The molecule has 0 radical (unpaired) electrons. The van der Waals surface area contributed by atoms with Gasteiger partial charge in [-0.1, -0.05) is 6.58 Å². The van der Waals surface area contributed by atoms with E-state index in [1.165, 1.54) is 7.11 Å². The van der Waals surface area contributed by atoms with Gasteiger partial charge in [0, 0.05) is 12.1 Å². The first-order valence-electron chi connectivity index (χ1n) is 7.41. The van der Waals surface area contributed by atoms with Gasteiger partial charge in [-0.3, -0.25) is 14.4 Å². The molecular weight excluding hydrogens is 304 g/mol. The molecule has 1 aliphatic carbocycles. The van der Waals surface area contributed by atoms with Crippen molar-refractivity contribution in [1.82, 2.24) is 10.6 Å². The largest absolute Gasteiger partial charge is 0.468 e. The van der Waals surface area contributed by atoms with Gasteiger partial charge in [0.25, 0.3) is 0 Å². The highest BCUT2D eigenvalue weighted by Gasteiger charge is 2.25. The van der Waals surface area contributed by atoms with Gasteiger partial charge in [-0.05, 0) is 31.6 Å². The second-order valence-corrected chi connectivity index (χ2v) is 5.28. The number of esters is 2. The lowest BCUT2D eigenvalue weighted by molar-refractivity contribution is -0.143. The van der Waals surface area contributed by atoms with E-state index in [1.54, 1.807) is 0 Å². The molecule has 8 heteroatoms. The van der Waals surface area contributed by atoms with Crippen LogP contribution >= 0.6 is 0 Å². The lowest BCUT2D eigenvalue weighted by atomic mass is 9.86. The zero-order valence-electron chi connectivity index (χ0n) is 13.1. The normalized spacial score (nSPS) is 20.0. The Labute approximate surface area is 134 Å². The summed E-state index contributed by atoms with van der Waals surface area (Å²) in [5.41, 5.74) is 0. The zero-order valence-corrected chi connectivity index (χ0v) is 13.1. The SMILES string of the molecule is C=CC(=O)OCC1CCC(NC(=O)C(=O)NCC(=O)OC)CC1. The van der Waals surface area contributed by atoms with E-state index in [1.807, 2.05) is 0 Å². The van der Waals surface area contributed by atoms with Crippen LogP contribution in [0.5, 0.6) is 0 Å². The van der Waals surface area contributed by atoms with Crippen LogP contribution in [0.4, 0.5) is 0 Å². The predicted molar refractivity (Wildman–Crippen MR) is 80.1 cm³/mol. The molecule has 2 amide bonds. The molecule has 128 valence electrons. The third-order valence-electron chi connectivity index (χ3n) is 3.64. The maximum absolute atomic E-state index is 11.7. The Kier molecular flexibility index (Phi) is 7.79. The molecule has 0 atom stereocenters. The van der Waals surface area contributed by atoms with Crippen molar-refractivity contribution in [3.05, 3.63) is 12.7 Å². The standard InChI is InChI=1S/C15H22N2O6/c1-3-12(18)23-9-10-4-6-11(7-5-10)17-15(21)14(20)16-8-13(19)22-2/h3,10-11H,1,4-9H2,2H3,(H,16,20)(H,17,21). The van der Waals surface area contributed by atoms with Gasteiger partial charge < -0.3 is 20.1 Å². The summed E-state index contributed by atoms with van der Waals surface area (Å²) in [6.45, 7) is 3.32. The van der Waals surface area contributed by atoms with Gasteiger partial charge in [0.2, 0.25) is 0 Å². The van der Waals surface area contributed by atoms with Crippen molar-refractivity contribution in [2.75, 3.05) is 20.3 Å². The van der Waals surface area contributed by atoms with Crippen LogP contribution in [-0.2, 0) is 28.7 Å². The Morgan fingerprint density at radius 3 is 2.35 bits per heavy atom. The lowest BCUT2D eigenvalue weighted by Gasteiger charge is -2.28. The van der Waals surface area contributed by atoms with Crippen molar-refractivity contribution in [3.63, 3.8) is 0 Å². The van der Waals surface area contributed by atoms with Crippen molar-refractivity contribution in [2.24, 2.45) is 5.92 Å². The van der Waals surface area contributed by atoms with Gasteiger partial charge in [-0.15, -0.1) is 0 Å². The molecule has 0 aromatic heterocycles. The summed E-state index contributed by atoms with van der Waals surface area (Å²) in [5, 5.41) is 4.81. The third kappa shape index (κ3) is 6.94. The monoisotopic (exact) mass is 326 g/mol. The quantitative estimate of drug-likeness (QED) is 0.393. The number of hydrogen-bond acceptors (Lipinski definition) is 6. The Morgan fingerprint density at radius 2 is 1.78 bits per heavy atom. The Hall–Kier alpha value is -2.38. The van der Waals surface area contributed by atoms with Gasteiger partial charge in [0.05, 0.1) is 13.7 Å². The second-order valence-electron chi connectivity index (χ2n) is 5.28. The molecule has 0 aromatic rings. The van der Waals surface area contributed by atoms with E-state index in [0.29, 0.717) is 19.4 Å². The molecule has 0 saturated heterocycles. The average molecular weight is 326 g/mol. The van der Waals surface area contributed by atoms with Crippen LogP contribution in [0.15, 0.2) is 12.7 Å². The summed E-state index contributed by atoms with van der Waals surface area (Å²) >= 11 is 0. The minimum Gasteiger partial charge on any atom is -0.468 e. The van der Waals surface area contributed by atoms with Crippen molar-refractivity contribution in [3.8, 4) is 0 Å². The van der Waals surface area contributed by atoms with E-state index in [9.17, 15) is 19.2 Å². The number of amides is 2. The van der Waals surface area contributed by atoms with Crippen molar-refractivity contribution >= 4 is 23.8 Å². The molecule has 1 aliphatic rings. The van der Waals surface area contributed by atoms with Crippen LogP contribution in [0.25, 0.3) is 0 Å². The van der Waals surface area contributed by atoms with Crippen LogP contribution in [0.1, 0.15) is 25.7 Å². The van der Waals surface area contributed by atoms with Crippen molar-refractivity contribution in [1.29, 1.82) is 0 Å². The summed E-state index contributed by atoms with van der Waals surface area (Å²) in [6, 6.07) is -0.0993. The van der Waals surface area contributed by atoms with E-state index in [4.69, 9.17) is 4.74 Å². The molecule has 0 bridgehead atoms. The van der Waals surface area contributed by atoms with Gasteiger partial charge in [-0.2, -0.15) is 0 Å². The van der Waals surface area contributed by atoms with Crippen LogP contribution < -0.4 is 10.6 Å². The van der Waals surface area contributed by atoms with Gasteiger partial charge >= 0.3 is 23.8 Å². The number of nitrogens with one attached hydrogen (secondary N) is 2. The molecule has 23 heavy (non-hydrogen) atoms.